The van der Waals surface area contributed by atoms with Crippen molar-refractivity contribution in [2.45, 2.75) is 5.41 Å². The minimum atomic E-state index is -0.436. The number of furan rings is 1. The maximum absolute atomic E-state index is 6.46. The molecular weight excluding hydrogens is 719 g/mol. The summed E-state index contributed by atoms with van der Waals surface area (Å²) in [5.41, 5.74) is 19.6. The minimum Gasteiger partial charge on any atom is -0.497 e. The van der Waals surface area contributed by atoms with Crippen LogP contribution in [-0.4, -0.2) is 7.11 Å². The van der Waals surface area contributed by atoms with E-state index >= 15 is 0 Å². The number of fused-ring (bicyclic) bond motifs is 13. The molecule has 9 aromatic carbocycles. The second-order valence-electron chi connectivity index (χ2n) is 15.6. The zero-order valence-corrected chi connectivity index (χ0v) is 32.4. The summed E-state index contributed by atoms with van der Waals surface area (Å²) in [6.07, 6.45) is 0. The molecule has 1 heterocycles. The van der Waals surface area contributed by atoms with Crippen molar-refractivity contribution in [3.05, 3.63) is 229 Å². The van der Waals surface area contributed by atoms with Gasteiger partial charge in [-0.2, -0.15) is 0 Å². The van der Waals surface area contributed by atoms with E-state index in [1.54, 1.807) is 7.11 Å². The highest BCUT2D eigenvalue weighted by atomic mass is 16.5. The van der Waals surface area contributed by atoms with Crippen LogP contribution in [0, 0.1) is 0 Å². The maximum Gasteiger partial charge on any atom is 0.143 e. The van der Waals surface area contributed by atoms with Crippen LogP contribution < -0.4 is 9.64 Å². The molecule has 1 spiro atoms. The third-order valence-electron chi connectivity index (χ3n) is 12.6. The molecule has 0 saturated heterocycles. The fourth-order valence-corrected chi connectivity index (χ4v) is 10.0. The van der Waals surface area contributed by atoms with Crippen molar-refractivity contribution < 1.29 is 9.15 Å². The molecule has 0 atom stereocenters. The summed E-state index contributed by atoms with van der Waals surface area (Å²) in [6, 6.07) is 74.9. The van der Waals surface area contributed by atoms with Crippen molar-refractivity contribution in [1.29, 1.82) is 0 Å². The molecule has 0 aliphatic heterocycles. The average molecular weight is 756 g/mol. The van der Waals surface area contributed by atoms with Gasteiger partial charge in [-0.15, -0.1) is 0 Å². The number of anilines is 3. The molecule has 59 heavy (non-hydrogen) atoms. The van der Waals surface area contributed by atoms with E-state index < -0.39 is 5.41 Å². The molecule has 2 aliphatic rings. The first-order valence-corrected chi connectivity index (χ1v) is 20.2. The molecule has 0 bridgehead atoms. The molecule has 1 aromatic heterocycles. The molecule has 3 nitrogen and oxygen atoms in total. The van der Waals surface area contributed by atoms with Crippen molar-refractivity contribution in [1.82, 2.24) is 0 Å². The molecule has 0 fully saturated rings. The van der Waals surface area contributed by atoms with Crippen LogP contribution in [0.5, 0.6) is 5.75 Å². The number of hydrogen-bond acceptors (Lipinski definition) is 3. The van der Waals surface area contributed by atoms with Gasteiger partial charge >= 0.3 is 0 Å². The number of benzene rings is 9. The zero-order chi connectivity index (χ0) is 39.1. The highest BCUT2D eigenvalue weighted by Gasteiger charge is 2.51. The third-order valence-corrected chi connectivity index (χ3v) is 12.6. The van der Waals surface area contributed by atoms with Gasteiger partial charge in [0.15, 0.2) is 0 Å². The lowest BCUT2D eigenvalue weighted by Crippen LogP contribution is -2.26. The molecule has 0 unspecified atom stereocenters. The summed E-state index contributed by atoms with van der Waals surface area (Å²) < 4.78 is 11.9. The van der Waals surface area contributed by atoms with Gasteiger partial charge in [0.2, 0.25) is 0 Å². The van der Waals surface area contributed by atoms with Crippen LogP contribution in [0.2, 0.25) is 0 Å². The van der Waals surface area contributed by atoms with Gasteiger partial charge in [-0.05, 0) is 116 Å². The van der Waals surface area contributed by atoms with Gasteiger partial charge in [-0.1, -0.05) is 152 Å². The van der Waals surface area contributed by atoms with Crippen LogP contribution in [0.4, 0.5) is 17.1 Å². The predicted molar refractivity (Wildman–Crippen MR) is 242 cm³/mol. The van der Waals surface area contributed by atoms with Gasteiger partial charge in [0.05, 0.1) is 12.5 Å². The summed E-state index contributed by atoms with van der Waals surface area (Å²) in [5.74, 6) is 0.848. The smallest absolute Gasteiger partial charge is 0.143 e. The SMILES string of the molecule is COc1ccc(-c2ccc(N(c3ccc(-c4cccc5c4oc4ccccc45)cc3)c3ccc4c(c3)C3(c5ccccc5-c5ccccc53)c3ccccc3-4)cc2)cc1. The van der Waals surface area contributed by atoms with Gasteiger partial charge < -0.3 is 14.1 Å². The molecule has 12 rings (SSSR count). The number of hydrogen-bond donors (Lipinski definition) is 0. The minimum absolute atomic E-state index is 0.436. The van der Waals surface area contributed by atoms with Gasteiger partial charge in [-0.25, -0.2) is 0 Å². The maximum atomic E-state index is 6.46. The number of ether oxygens (including phenoxy) is 1. The number of nitrogens with zero attached hydrogens (tertiary/aromatic N) is 1. The van der Waals surface area contributed by atoms with E-state index in [9.17, 15) is 0 Å². The second kappa shape index (κ2) is 13.0. The Morgan fingerprint density at radius 2 is 0.864 bits per heavy atom. The van der Waals surface area contributed by atoms with E-state index in [-0.39, 0.29) is 0 Å². The largest absolute Gasteiger partial charge is 0.497 e. The predicted octanol–water partition coefficient (Wildman–Crippen LogP) is 14.7. The first-order chi connectivity index (χ1) is 29.2. The lowest BCUT2D eigenvalue weighted by atomic mass is 9.70. The van der Waals surface area contributed by atoms with Crippen molar-refractivity contribution >= 4 is 39.0 Å². The van der Waals surface area contributed by atoms with Crippen molar-refractivity contribution in [3.8, 4) is 50.3 Å². The van der Waals surface area contributed by atoms with Gasteiger partial charge in [-0.3, -0.25) is 0 Å². The van der Waals surface area contributed by atoms with Crippen LogP contribution in [0.1, 0.15) is 22.3 Å². The zero-order valence-electron chi connectivity index (χ0n) is 32.4. The van der Waals surface area contributed by atoms with Crippen LogP contribution in [0.25, 0.3) is 66.4 Å². The molecule has 278 valence electrons. The highest BCUT2D eigenvalue weighted by molar-refractivity contribution is 6.09. The Balaban J connectivity index is 1.04. The molecular formula is C56H37NO2. The summed E-state index contributed by atoms with van der Waals surface area (Å²) in [7, 11) is 1.70. The average Bonchev–Trinajstić information content (AvgIpc) is 3.94. The van der Waals surface area contributed by atoms with E-state index in [0.29, 0.717) is 0 Å². The Hall–Kier alpha value is -7.62. The number of rotatable bonds is 6. The molecule has 0 N–H and O–H groups in total. The van der Waals surface area contributed by atoms with E-state index in [1.165, 1.54) is 44.5 Å². The van der Waals surface area contributed by atoms with E-state index in [1.807, 2.05) is 24.3 Å². The summed E-state index contributed by atoms with van der Waals surface area (Å²) >= 11 is 0. The molecule has 0 radical (unpaired) electrons. The summed E-state index contributed by atoms with van der Waals surface area (Å²) in [4.78, 5) is 2.40. The molecule has 10 aromatic rings. The Bertz CT molecular complexity index is 3180. The van der Waals surface area contributed by atoms with Crippen LogP contribution in [0.3, 0.4) is 0 Å². The summed E-state index contributed by atoms with van der Waals surface area (Å²) in [6.45, 7) is 0. The normalized spacial score (nSPS) is 13.0. The number of methoxy groups -OCH3 is 1. The van der Waals surface area contributed by atoms with E-state index in [4.69, 9.17) is 9.15 Å². The molecule has 2 aliphatic carbocycles. The van der Waals surface area contributed by atoms with E-state index in [2.05, 4.69) is 187 Å². The molecule has 0 amide bonds. The molecule has 0 saturated carbocycles. The Morgan fingerprint density at radius 3 is 1.47 bits per heavy atom. The Kier molecular flexibility index (Phi) is 7.36. The van der Waals surface area contributed by atoms with Gasteiger partial charge in [0.25, 0.3) is 0 Å². The standard InChI is InChI=1S/C56H37NO2/c1-58-42-32-25-37(26-33-42)36-21-27-39(28-22-36)57(40-29-23-38(24-30-40)43-15-10-16-49-48-14-5-9-20-54(48)59-55(43)49)41-31-34-47-46-13-4-8-19-52(46)56(53(47)35-41)50-17-6-2-11-44(50)45-12-3-7-18-51(45)56/h2-35H,1H3. The van der Waals surface area contributed by atoms with Crippen LogP contribution >= 0.6 is 0 Å². The third kappa shape index (κ3) is 4.88. The lowest BCUT2D eigenvalue weighted by molar-refractivity contribution is 0.415. The fraction of sp³-hybridized carbons (Fsp3) is 0.0357. The van der Waals surface area contributed by atoms with E-state index in [0.717, 1.165) is 67.0 Å². The summed E-state index contributed by atoms with van der Waals surface area (Å²) in [5, 5.41) is 2.26. The first kappa shape index (κ1) is 33.5. The molecule has 3 heteroatoms. The first-order valence-electron chi connectivity index (χ1n) is 20.2. The van der Waals surface area contributed by atoms with Crippen LogP contribution in [0.15, 0.2) is 211 Å². The monoisotopic (exact) mass is 755 g/mol. The Morgan fingerprint density at radius 1 is 0.390 bits per heavy atom. The second-order valence-corrected chi connectivity index (χ2v) is 15.6. The van der Waals surface area contributed by atoms with Crippen LogP contribution in [-0.2, 0) is 5.41 Å². The van der Waals surface area contributed by atoms with Gasteiger partial charge in [0, 0.05) is 33.4 Å². The van der Waals surface area contributed by atoms with Crippen molar-refractivity contribution in [3.63, 3.8) is 0 Å². The lowest BCUT2D eigenvalue weighted by Gasteiger charge is -2.32. The Labute approximate surface area is 343 Å². The van der Waals surface area contributed by atoms with Crippen molar-refractivity contribution in [2.24, 2.45) is 0 Å². The fourth-order valence-electron chi connectivity index (χ4n) is 10.0. The van der Waals surface area contributed by atoms with Crippen molar-refractivity contribution in [2.75, 3.05) is 12.0 Å². The number of para-hydroxylation sites is 2. The quantitative estimate of drug-likeness (QED) is 0.169. The van der Waals surface area contributed by atoms with Gasteiger partial charge in [0.1, 0.15) is 16.9 Å². The highest BCUT2D eigenvalue weighted by Crippen LogP contribution is 2.63. The topological polar surface area (TPSA) is 25.6 Å².